The van der Waals surface area contributed by atoms with Crippen LogP contribution in [-0.2, 0) is 20.2 Å². The lowest BCUT2D eigenvalue weighted by atomic mass is 9.82. The van der Waals surface area contributed by atoms with Crippen LogP contribution in [0.15, 0.2) is 24.3 Å². The Morgan fingerprint density at radius 2 is 1.90 bits per heavy atom. The van der Waals surface area contributed by atoms with E-state index < -0.39 is 27.0 Å². The summed E-state index contributed by atoms with van der Waals surface area (Å²) in [5.74, 6) is -0.947. The molecule has 0 radical (unpaired) electrons. The number of rotatable bonds is 2. The first kappa shape index (κ1) is 14.1. The van der Waals surface area contributed by atoms with E-state index in [1.54, 1.807) is 18.0 Å². The van der Waals surface area contributed by atoms with Crippen LogP contribution in [0.5, 0.6) is 0 Å². The Bertz CT molecular complexity index is 735. The Hall–Kier alpha value is -1.89. The molecular weight excluding hydrogens is 292 g/mol. The third-order valence-electron chi connectivity index (χ3n) is 4.25. The van der Waals surface area contributed by atoms with Gasteiger partial charge in [-0.05, 0) is 11.6 Å². The molecule has 0 unspecified atom stereocenters. The zero-order valence-corrected chi connectivity index (χ0v) is 12.7. The third-order valence-corrected chi connectivity index (χ3v) is 5.02. The van der Waals surface area contributed by atoms with E-state index in [-0.39, 0.29) is 5.91 Å². The van der Waals surface area contributed by atoms with Gasteiger partial charge in [0.05, 0.1) is 13.1 Å². The number of carbonyl (C=O) groups excluding carboxylic acids is 2. The summed E-state index contributed by atoms with van der Waals surface area (Å²) in [5.41, 5.74) is 1.08. The summed E-state index contributed by atoms with van der Waals surface area (Å²) in [6.07, 6.45) is 1.04. The van der Waals surface area contributed by atoms with Crippen LogP contribution in [0.3, 0.4) is 0 Å². The fourth-order valence-electron chi connectivity index (χ4n) is 3.09. The molecule has 1 spiro atoms. The monoisotopic (exact) mass is 308 g/mol. The standard InChI is InChI=1S/C14H16N2O4S/c1-15-13(18)10-5-3-4-6-11(10)14(15)8-16(9-14)12(17)7-21(2,19)20/h3-6H,7-9H2,1-2H3. The topological polar surface area (TPSA) is 74.8 Å². The molecule has 2 amide bonds. The van der Waals surface area contributed by atoms with E-state index in [1.807, 2.05) is 18.2 Å². The molecule has 2 heterocycles. The van der Waals surface area contributed by atoms with E-state index in [0.29, 0.717) is 18.7 Å². The van der Waals surface area contributed by atoms with Crippen molar-refractivity contribution >= 4 is 21.7 Å². The van der Waals surface area contributed by atoms with Crippen LogP contribution in [-0.4, -0.2) is 62.2 Å². The van der Waals surface area contributed by atoms with Gasteiger partial charge in [0.25, 0.3) is 5.91 Å². The average Bonchev–Trinajstić information content (AvgIpc) is 2.56. The van der Waals surface area contributed by atoms with Gasteiger partial charge in [-0.2, -0.15) is 0 Å². The molecule has 2 aliphatic rings. The van der Waals surface area contributed by atoms with Crippen molar-refractivity contribution in [2.45, 2.75) is 5.54 Å². The fraction of sp³-hybridized carbons (Fsp3) is 0.429. The quantitative estimate of drug-likeness (QED) is 0.762. The molecular formula is C14H16N2O4S. The van der Waals surface area contributed by atoms with E-state index in [4.69, 9.17) is 0 Å². The maximum atomic E-state index is 12.2. The maximum absolute atomic E-state index is 12.2. The van der Waals surface area contributed by atoms with Crippen molar-refractivity contribution < 1.29 is 18.0 Å². The second-order valence-corrected chi connectivity index (χ2v) is 7.90. The van der Waals surface area contributed by atoms with Crippen molar-refractivity contribution in [3.8, 4) is 0 Å². The Morgan fingerprint density at radius 3 is 2.52 bits per heavy atom. The highest BCUT2D eigenvalue weighted by Crippen LogP contribution is 2.44. The van der Waals surface area contributed by atoms with Gasteiger partial charge in [0.1, 0.15) is 11.3 Å². The van der Waals surface area contributed by atoms with Gasteiger partial charge in [0.2, 0.25) is 5.91 Å². The van der Waals surface area contributed by atoms with Crippen LogP contribution >= 0.6 is 0 Å². The minimum Gasteiger partial charge on any atom is -0.336 e. The summed E-state index contributed by atoms with van der Waals surface area (Å²) in [7, 11) is -1.61. The fourth-order valence-corrected chi connectivity index (χ4v) is 3.72. The zero-order chi connectivity index (χ0) is 15.4. The second-order valence-electron chi connectivity index (χ2n) is 5.76. The molecule has 1 aromatic carbocycles. The number of nitrogens with zero attached hydrogens (tertiary/aromatic N) is 2. The number of carbonyl (C=O) groups is 2. The molecule has 2 aliphatic heterocycles. The molecule has 0 aliphatic carbocycles. The highest BCUT2D eigenvalue weighted by Gasteiger charge is 2.56. The number of amides is 2. The molecule has 0 aromatic heterocycles. The summed E-state index contributed by atoms with van der Waals surface area (Å²) >= 11 is 0. The molecule has 0 bridgehead atoms. The van der Waals surface area contributed by atoms with Gasteiger partial charge in [-0.25, -0.2) is 8.42 Å². The van der Waals surface area contributed by atoms with Crippen molar-refractivity contribution in [2.24, 2.45) is 0 Å². The lowest BCUT2D eigenvalue weighted by molar-refractivity contribution is -0.140. The molecule has 6 nitrogen and oxygen atoms in total. The molecule has 112 valence electrons. The normalized spacial score (nSPS) is 19.6. The number of benzene rings is 1. The van der Waals surface area contributed by atoms with E-state index in [9.17, 15) is 18.0 Å². The molecule has 0 N–H and O–H groups in total. The summed E-state index contributed by atoms with van der Waals surface area (Å²) in [4.78, 5) is 27.3. The number of sulfone groups is 1. The highest BCUT2D eigenvalue weighted by atomic mass is 32.2. The lowest BCUT2D eigenvalue weighted by Crippen LogP contribution is -2.67. The molecule has 0 saturated carbocycles. The van der Waals surface area contributed by atoms with Crippen LogP contribution in [0.1, 0.15) is 15.9 Å². The largest absolute Gasteiger partial charge is 0.336 e. The van der Waals surface area contributed by atoms with Crippen molar-refractivity contribution in [1.29, 1.82) is 0 Å². The van der Waals surface area contributed by atoms with Crippen LogP contribution in [0.2, 0.25) is 0 Å². The highest BCUT2D eigenvalue weighted by molar-refractivity contribution is 7.91. The van der Waals surface area contributed by atoms with Crippen LogP contribution in [0, 0.1) is 0 Å². The Morgan fingerprint density at radius 1 is 1.29 bits per heavy atom. The molecule has 0 atom stereocenters. The van der Waals surface area contributed by atoms with Crippen LogP contribution in [0.25, 0.3) is 0 Å². The molecule has 7 heteroatoms. The molecule has 1 aromatic rings. The summed E-state index contributed by atoms with van der Waals surface area (Å²) in [6, 6.07) is 7.36. The minimum atomic E-state index is -3.34. The second kappa shape index (κ2) is 4.30. The van der Waals surface area contributed by atoms with E-state index in [0.717, 1.165) is 11.8 Å². The Labute approximate surface area is 123 Å². The van der Waals surface area contributed by atoms with Crippen LogP contribution < -0.4 is 0 Å². The number of fused-ring (bicyclic) bond motifs is 2. The first-order valence-electron chi connectivity index (χ1n) is 6.58. The minimum absolute atomic E-state index is 0.0548. The maximum Gasteiger partial charge on any atom is 0.254 e. The van der Waals surface area contributed by atoms with Crippen molar-refractivity contribution in [3.63, 3.8) is 0 Å². The number of likely N-dealkylation sites (tertiary alicyclic amines) is 1. The van der Waals surface area contributed by atoms with Gasteiger partial charge in [0.15, 0.2) is 9.84 Å². The molecule has 1 fully saturated rings. The van der Waals surface area contributed by atoms with E-state index >= 15 is 0 Å². The summed E-state index contributed by atoms with van der Waals surface area (Å²) in [6.45, 7) is 0.696. The average molecular weight is 308 g/mol. The lowest BCUT2D eigenvalue weighted by Gasteiger charge is -2.51. The third kappa shape index (κ3) is 2.03. The van der Waals surface area contributed by atoms with Gasteiger partial charge < -0.3 is 9.80 Å². The van der Waals surface area contributed by atoms with Gasteiger partial charge in [0, 0.05) is 18.9 Å². The van der Waals surface area contributed by atoms with Crippen molar-refractivity contribution in [3.05, 3.63) is 35.4 Å². The Balaban J connectivity index is 1.84. The van der Waals surface area contributed by atoms with Crippen LogP contribution in [0.4, 0.5) is 0 Å². The predicted octanol–water partition coefficient (Wildman–Crippen LogP) is -0.146. The van der Waals surface area contributed by atoms with Gasteiger partial charge in [-0.3, -0.25) is 9.59 Å². The van der Waals surface area contributed by atoms with Crippen molar-refractivity contribution in [2.75, 3.05) is 32.1 Å². The number of likely N-dealkylation sites (N-methyl/N-ethyl adjacent to an activating group) is 1. The summed E-state index contributed by atoms with van der Waals surface area (Å²) < 4.78 is 22.4. The SMILES string of the molecule is CN1C(=O)c2ccccc2C12CN(C(=O)CS(C)(=O)=O)C2. The Kier molecular flexibility index (Phi) is 2.88. The first-order valence-corrected chi connectivity index (χ1v) is 8.64. The van der Waals surface area contributed by atoms with E-state index in [1.165, 1.54) is 4.90 Å². The number of hydrogen-bond acceptors (Lipinski definition) is 4. The first-order chi connectivity index (χ1) is 9.74. The summed E-state index contributed by atoms with van der Waals surface area (Å²) in [5, 5.41) is 0. The molecule has 1 saturated heterocycles. The smallest absolute Gasteiger partial charge is 0.254 e. The van der Waals surface area contributed by atoms with Gasteiger partial charge in [-0.15, -0.1) is 0 Å². The van der Waals surface area contributed by atoms with E-state index in [2.05, 4.69) is 0 Å². The van der Waals surface area contributed by atoms with Gasteiger partial charge in [-0.1, -0.05) is 18.2 Å². The predicted molar refractivity (Wildman–Crippen MR) is 76.5 cm³/mol. The molecule has 21 heavy (non-hydrogen) atoms. The number of hydrogen-bond donors (Lipinski definition) is 0. The zero-order valence-electron chi connectivity index (χ0n) is 11.9. The van der Waals surface area contributed by atoms with Crippen molar-refractivity contribution in [1.82, 2.24) is 9.80 Å². The van der Waals surface area contributed by atoms with Gasteiger partial charge >= 0.3 is 0 Å². The molecule has 3 rings (SSSR count).